The van der Waals surface area contributed by atoms with E-state index in [-0.39, 0.29) is 12.0 Å². The highest BCUT2D eigenvalue weighted by Crippen LogP contribution is 2.43. The zero-order valence-corrected chi connectivity index (χ0v) is 12.5. The van der Waals surface area contributed by atoms with Crippen LogP contribution >= 0.6 is 11.8 Å². The van der Waals surface area contributed by atoms with Crippen LogP contribution in [0.5, 0.6) is 0 Å². The number of aliphatic hydroxyl groups is 1. The summed E-state index contributed by atoms with van der Waals surface area (Å²) >= 11 is 1.94. The molecule has 0 amide bonds. The van der Waals surface area contributed by atoms with Crippen molar-refractivity contribution < 1.29 is 5.11 Å². The minimum atomic E-state index is -0.367. The Morgan fingerprint density at radius 2 is 1.80 bits per heavy atom. The van der Waals surface area contributed by atoms with Crippen molar-refractivity contribution >= 4 is 11.8 Å². The minimum absolute atomic E-state index is 0.272. The molecule has 0 bridgehead atoms. The van der Waals surface area contributed by atoms with Crippen LogP contribution < -0.4 is 0 Å². The summed E-state index contributed by atoms with van der Waals surface area (Å²) in [5, 5.41) is 10.5. The average Bonchev–Trinajstić information content (AvgIpc) is 2.91. The molecule has 1 N–H and O–H groups in total. The van der Waals surface area contributed by atoms with Crippen molar-refractivity contribution in [2.75, 3.05) is 5.75 Å². The molecule has 0 fully saturated rings. The molecule has 1 heterocycles. The van der Waals surface area contributed by atoms with Gasteiger partial charge in [-0.15, -0.1) is 11.8 Å². The Morgan fingerprint density at radius 1 is 1.10 bits per heavy atom. The summed E-state index contributed by atoms with van der Waals surface area (Å²) in [6.45, 7) is 2.16. The van der Waals surface area contributed by atoms with Gasteiger partial charge in [-0.1, -0.05) is 55.5 Å². The van der Waals surface area contributed by atoms with Crippen molar-refractivity contribution in [1.29, 1.82) is 0 Å². The van der Waals surface area contributed by atoms with E-state index in [4.69, 9.17) is 0 Å². The fraction of sp³-hybridized carbons (Fsp3) is 0.333. The van der Waals surface area contributed by atoms with Crippen molar-refractivity contribution in [3.8, 4) is 0 Å². The van der Waals surface area contributed by atoms with E-state index in [0.717, 1.165) is 17.7 Å². The molecule has 1 nitrogen and oxygen atoms in total. The highest BCUT2D eigenvalue weighted by atomic mass is 32.2. The van der Waals surface area contributed by atoms with Crippen LogP contribution in [-0.2, 0) is 0 Å². The highest BCUT2D eigenvalue weighted by Gasteiger charge is 2.27. The number of rotatable bonds is 4. The molecule has 1 aliphatic heterocycles. The number of hydrogen-bond donors (Lipinski definition) is 1. The topological polar surface area (TPSA) is 20.2 Å². The van der Waals surface area contributed by atoms with Crippen LogP contribution in [0.25, 0.3) is 0 Å². The predicted octanol–water partition coefficient (Wildman–Crippen LogP) is 4.64. The second-order valence-corrected chi connectivity index (χ2v) is 6.68. The molecule has 0 saturated heterocycles. The monoisotopic (exact) mass is 284 g/mol. The summed E-state index contributed by atoms with van der Waals surface area (Å²) in [6.07, 6.45) is 0.675. The molecule has 2 heteroatoms. The number of fused-ring (bicyclic) bond motifs is 1. The van der Waals surface area contributed by atoms with Gasteiger partial charge in [-0.3, -0.25) is 0 Å². The van der Waals surface area contributed by atoms with E-state index in [1.54, 1.807) is 0 Å². The summed E-state index contributed by atoms with van der Waals surface area (Å²) in [5.74, 6) is 1.99. The lowest BCUT2D eigenvalue weighted by molar-refractivity contribution is 0.109. The van der Waals surface area contributed by atoms with E-state index in [9.17, 15) is 5.11 Å². The smallest absolute Gasteiger partial charge is 0.0815 e. The largest absolute Gasteiger partial charge is 0.388 e. The van der Waals surface area contributed by atoms with E-state index in [1.807, 2.05) is 42.1 Å². The molecular weight excluding hydrogens is 264 g/mol. The summed E-state index contributed by atoms with van der Waals surface area (Å²) < 4.78 is 0. The van der Waals surface area contributed by atoms with Crippen molar-refractivity contribution in [2.45, 2.75) is 30.3 Å². The lowest BCUT2D eigenvalue weighted by Gasteiger charge is -2.22. The Kier molecular flexibility index (Phi) is 4.13. The number of benzene rings is 2. The standard InChI is InChI=1S/C18H20OS/c1-13(18(19)14-7-3-2-4-8-14)11-15-12-20-17-10-6-5-9-16(15)17/h2-10,13,15,18-19H,11-12H2,1H3. The van der Waals surface area contributed by atoms with Gasteiger partial charge in [0.2, 0.25) is 0 Å². The van der Waals surface area contributed by atoms with Crippen LogP contribution in [0.4, 0.5) is 0 Å². The van der Waals surface area contributed by atoms with Crippen LogP contribution in [0, 0.1) is 5.92 Å². The number of hydrogen-bond acceptors (Lipinski definition) is 2. The van der Waals surface area contributed by atoms with Gasteiger partial charge in [0.1, 0.15) is 0 Å². The first-order valence-corrected chi connectivity index (χ1v) is 8.19. The fourth-order valence-electron chi connectivity index (χ4n) is 2.98. The Hall–Kier alpha value is -1.25. The third kappa shape index (κ3) is 2.77. The fourth-order valence-corrected chi connectivity index (χ4v) is 4.25. The van der Waals surface area contributed by atoms with E-state index >= 15 is 0 Å². The lowest BCUT2D eigenvalue weighted by Crippen LogP contribution is -2.13. The molecule has 0 aromatic heterocycles. The molecule has 0 spiro atoms. The summed E-state index contributed by atoms with van der Waals surface area (Å²) in [7, 11) is 0. The van der Waals surface area contributed by atoms with Crippen LogP contribution in [0.2, 0.25) is 0 Å². The van der Waals surface area contributed by atoms with Gasteiger partial charge in [0.05, 0.1) is 6.10 Å². The summed E-state index contributed by atoms with van der Waals surface area (Å²) in [6, 6.07) is 18.7. The van der Waals surface area contributed by atoms with Gasteiger partial charge in [0, 0.05) is 10.6 Å². The van der Waals surface area contributed by atoms with E-state index in [2.05, 4.69) is 31.2 Å². The van der Waals surface area contributed by atoms with Gasteiger partial charge in [-0.05, 0) is 35.4 Å². The zero-order valence-electron chi connectivity index (χ0n) is 11.7. The first-order chi connectivity index (χ1) is 9.75. The summed E-state index contributed by atoms with van der Waals surface area (Å²) in [5.41, 5.74) is 2.49. The zero-order chi connectivity index (χ0) is 13.9. The second-order valence-electron chi connectivity index (χ2n) is 5.61. The van der Waals surface area contributed by atoms with E-state index in [1.165, 1.54) is 10.5 Å². The Labute approximate surface area is 125 Å². The Morgan fingerprint density at radius 3 is 2.60 bits per heavy atom. The highest BCUT2D eigenvalue weighted by molar-refractivity contribution is 7.99. The van der Waals surface area contributed by atoms with Gasteiger partial charge < -0.3 is 5.11 Å². The minimum Gasteiger partial charge on any atom is -0.388 e. The lowest BCUT2D eigenvalue weighted by atomic mass is 9.86. The average molecular weight is 284 g/mol. The van der Waals surface area contributed by atoms with Gasteiger partial charge in [-0.2, -0.15) is 0 Å². The second kappa shape index (κ2) is 6.02. The third-order valence-corrected chi connectivity index (χ3v) is 5.39. The first-order valence-electron chi connectivity index (χ1n) is 7.20. The Balaban J connectivity index is 1.70. The van der Waals surface area contributed by atoms with Crippen LogP contribution in [0.15, 0.2) is 59.5 Å². The normalized spacial score (nSPS) is 20.4. The molecule has 1 aliphatic rings. The molecule has 104 valence electrons. The molecular formula is C18H20OS. The number of thioether (sulfide) groups is 1. The van der Waals surface area contributed by atoms with Gasteiger partial charge in [0.25, 0.3) is 0 Å². The molecule has 0 saturated carbocycles. The van der Waals surface area contributed by atoms with Gasteiger partial charge >= 0.3 is 0 Å². The molecule has 3 rings (SSSR count). The maximum absolute atomic E-state index is 10.5. The van der Waals surface area contributed by atoms with Crippen LogP contribution in [0.1, 0.15) is 36.5 Å². The maximum atomic E-state index is 10.5. The van der Waals surface area contributed by atoms with Crippen LogP contribution in [-0.4, -0.2) is 10.9 Å². The van der Waals surface area contributed by atoms with Gasteiger partial charge in [0.15, 0.2) is 0 Å². The molecule has 20 heavy (non-hydrogen) atoms. The predicted molar refractivity (Wildman–Crippen MR) is 85.1 cm³/mol. The first kappa shape index (κ1) is 13.7. The molecule has 2 aromatic rings. The van der Waals surface area contributed by atoms with Gasteiger partial charge in [-0.25, -0.2) is 0 Å². The molecule has 3 unspecified atom stereocenters. The molecule has 2 aromatic carbocycles. The quantitative estimate of drug-likeness (QED) is 0.883. The SMILES string of the molecule is CC(CC1CSc2ccccc21)C(O)c1ccccc1. The van der Waals surface area contributed by atoms with Crippen molar-refractivity contribution in [3.63, 3.8) is 0 Å². The van der Waals surface area contributed by atoms with Crippen molar-refractivity contribution in [3.05, 3.63) is 65.7 Å². The van der Waals surface area contributed by atoms with E-state index in [0.29, 0.717) is 5.92 Å². The third-order valence-electron chi connectivity index (χ3n) is 4.14. The maximum Gasteiger partial charge on any atom is 0.0815 e. The number of aliphatic hydroxyl groups excluding tert-OH is 1. The van der Waals surface area contributed by atoms with E-state index < -0.39 is 0 Å². The Bertz CT molecular complexity index is 567. The van der Waals surface area contributed by atoms with Crippen molar-refractivity contribution in [2.24, 2.45) is 5.92 Å². The van der Waals surface area contributed by atoms with Crippen molar-refractivity contribution in [1.82, 2.24) is 0 Å². The molecule has 0 radical (unpaired) electrons. The molecule has 0 aliphatic carbocycles. The van der Waals surface area contributed by atoms with Crippen LogP contribution in [0.3, 0.4) is 0 Å². The molecule has 3 atom stereocenters. The summed E-state index contributed by atoms with van der Waals surface area (Å²) in [4.78, 5) is 1.42.